The fourth-order valence-electron chi connectivity index (χ4n) is 3.00. The maximum atomic E-state index is 12.8. The van der Waals surface area contributed by atoms with Gasteiger partial charge >= 0.3 is 0 Å². The number of non-ortho nitro benzene ring substituents is 1. The lowest BCUT2D eigenvalue weighted by molar-refractivity contribution is -0.384. The van der Waals surface area contributed by atoms with E-state index in [1.165, 1.54) is 57.6 Å². The van der Waals surface area contributed by atoms with E-state index in [1.54, 1.807) is 19.9 Å². The smallest absolute Gasteiger partial charge is 0.276 e. The summed E-state index contributed by atoms with van der Waals surface area (Å²) in [6.07, 6.45) is 1.48. The van der Waals surface area contributed by atoms with E-state index in [1.807, 2.05) is 0 Å². The van der Waals surface area contributed by atoms with E-state index in [4.69, 9.17) is 11.6 Å². The van der Waals surface area contributed by atoms with E-state index in [-0.39, 0.29) is 27.0 Å². The molecule has 10 nitrogen and oxygen atoms in total. The summed E-state index contributed by atoms with van der Waals surface area (Å²) in [5, 5.41) is 17.8. The molecule has 0 unspecified atom stereocenters. The van der Waals surface area contributed by atoms with Gasteiger partial charge in [-0.1, -0.05) is 31.5 Å². The first-order valence-corrected chi connectivity index (χ1v) is 11.4. The van der Waals surface area contributed by atoms with Crippen molar-refractivity contribution >= 4 is 38.9 Å². The molecular weight excluding hydrogens is 458 g/mol. The molecule has 1 aromatic heterocycles. The zero-order valence-electron chi connectivity index (χ0n) is 17.2. The molecule has 32 heavy (non-hydrogen) atoms. The number of benzene rings is 2. The fourth-order valence-corrected chi connectivity index (χ4v) is 4.65. The maximum absolute atomic E-state index is 12.8. The Labute approximate surface area is 189 Å². The first kappa shape index (κ1) is 23.4. The lowest BCUT2D eigenvalue weighted by Gasteiger charge is -2.19. The molecule has 0 aliphatic carbocycles. The Bertz CT molecular complexity index is 1270. The zero-order valence-corrected chi connectivity index (χ0v) is 18.8. The number of nitro benzene ring substituents is 1. The second-order valence-electron chi connectivity index (χ2n) is 6.61. The highest BCUT2D eigenvalue weighted by Gasteiger charge is 2.23. The molecule has 0 radical (unpaired) electrons. The van der Waals surface area contributed by atoms with Gasteiger partial charge in [0.15, 0.2) is 5.69 Å². The Hall–Kier alpha value is -3.28. The standard InChI is InChI=1S/C20H20ClN5O5S/c1-3-24(4-2)32(30,31)16-8-9-17(21)19(13-16)22-20(27)18-10-11-25(23-18)14-6-5-7-15(12-14)26(28)29/h5-13H,3-4H2,1-2H3,(H,22,27). The first-order chi connectivity index (χ1) is 15.2. The van der Waals surface area contributed by atoms with Crippen molar-refractivity contribution in [1.82, 2.24) is 14.1 Å². The van der Waals surface area contributed by atoms with Gasteiger partial charge in [-0.05, 0) is 30.3 Å². The highest BCUT2D eigenvalue weighted by molar-refractivity contribution is 7.89. The number of nitrogens with zero attached hydrogens (tertiary/aromatic N) is 4. The summed E-state index contributed by atoms with van der Waals surface area (Å²) < 4.78 is 28.1. The van der Waals surface area contributed by atoms with Crippen LogP contribution in [0.5, 0.6) is 0 Å². The summed E-state index contributed by atoms with van der Waals surface area (Å²) in [5.74, 6) is -0.617. The van der Waals surface area contributed by atoms with Crippen molar-refractivity contribution < 1.29 is 18.1 Å². The van der Waals surface area contributed by atoms with E-state index < -0.39 is 20.9 Å². The first-order valence-electron chi connectivity index (χ1n) is 9.59. The van der Waals surface area contributed by atoms with E-state index in [2.05, 4.69) is 10.4 Å². The van der Waals surface area contributed by atoms with Gasteiger partial charge in [0.05, 0.1) is 26.2 Å². The molecule has 0 atom stereocenters. The third-order valence-electron chi connectivity index (χ3n) is 4.66. The van der Waals surface area contributed by atoms with Crippen molar-refractivity contribution in [2.45, 2.75) is 18.7 Å². The lowest BCUT2D eigenvalue weighted by atomic mass is 10.3. The van der Waals surface area contributed by atoms with Gasteiger partial charge < -0.3 is 5.32 Å². The second kappa shape index (κ2) is 9.47. The molecule has 0 aliphatic heterocycles. The largest absolute Gasteiger partial charge is 0.319 e. The number of nitrogens with one attached hydrogen (secondary N) is 1. The number of hydrogen-bond acceptors (Lipinski definition) is 6. The number of carbonyl (C=O) groups is 1. The third-order valence-corrected chi connectivity index (χ3v) is 7.03. The van der Waals surface area contributed by atoms with Gasteiger partial charge in [0.1, 0.15) is 0 Å². The van der Waals surface area contributed by atoms with E-state index in [0.717, 1.165) is 0 Å². The summed E-state index contributed by atoms with van der Waals surface area (Å²) in [4.78, 5) is 23.1. The van der Waals surface area contributed by atoms with E-state index in [9.17, 15) is 23.3 Å². The van der Waals surface area contributed by atoms with Gasteiger partial charge in [-0.2, -0.15) is 9.40 Å². The van der Waals surface area contributed by atoms with E-state index in [0.29, 0.717) is 18.8 Å². The Balaban J connectivity index is 1.86. The van der Waals surface area contributed by atoms with Gasteiger partial charge in [0.25, 0.3) is 11.6 Å². The molecule has 0 aliphatic rings. The van der Waals surface area contributed by atoms with Crippen molar-refractivity contribution in [3.8, 4) is 5.69 Å². The van der Waals surface area contributed by atoms with Crippen molar-refractivity contribution in [3.63, 3.8) is 0 Å². The predicted molar refractivity (Wildman–Crippen MR) is 120 cm³/mol. The second-order valence-corrected chi connectivity index (χ2v) is 8.95. The monoisotopic (exact) mass is 477 g/mol. The van der Waals surface area contributed by atoms with Crippen LogP contribution >= 0.6 is 11.6 Å². The van der Waals surface area contributed by atoms with Crippen molar-refractivity contribution in [2.75, 3.05) is 18.4 Å². The van der Waals surface area contributed by atoms with Gasteiger partial charge in [-0.25, -0.2) is 13.1 Å². The summed E-state index contributed by atoms with van der Waals surface area (Å²) >= 11 is 6.16. The molecule has 0 fully saturated rings. The van der Waals surface area contributed by atoms with Crippen LogP contribution in [0.15, 0.2) is 59.6 Å². The molecule has 12 heteroatoms. The van der Waals surface area contributed by atoms with Gasteiger partial charge in [-0.15, -0.1) is 0 Å². The Morgan fingerprint density at radius 2 is 1.91 bits per heavy atom. The number of nitro groups is 1. The van der Waals surface area contributed by atoms with Crippen molar-refractivity contribution in [2.24, 2.45) is 0 Å². The predicted octanol–water partition coefficient (Wildman–Crippen LogP) is 3.72. The van der Waals surface area contributed by atoms with Crippen LogP contribution in [0.25, 0.3) is 5.69 Å². The Kier molecular flexibility index (Phi) is 6.92. The van der Waals surface area contributed by atoms with Crippen LogP contribution in [0.2, 0.25) is 5.02 Å². The normalized spacial score (nSPS) is 11.5. The van der Waals surface area contributed by atoms with Gasteiger partial charge in [-0.3, -0.25) is 14.9 Å². The van der Waals surface area contributed by atoms with Crippen LogP contribution in [0.3, 0.4) is 0 Å². The quantitative estimate of drug-likeness (QED) is 0.389. The molecule has 168 valence electrons. The molecule has 0 saturated carbocycles. The molecule has 3 aromatic rings. The van der Waals surface area contributed by atoms with Crippen LogP contribution in [-0.4, -0.2) is 46.4 Å². The highest BCUT2D eigenvalue weighted by atomic mass is 35.5. The number of halogens is 1. The van der Waals surface area contributed by atoms with Crippen molar-refractivity contribution in [3.05, 3.63) is 75.6 Å². The topological polar surface area (TPSA) is 127 Å². The number of amides is 1. The number of rotatable bonds is 8. The average Bonchev–Trinajstić information content (AvgIpc) is 3.26. The minimum atomic E-state index is -3.74. The fraction of sp³-hybridized carbons (Fsp3) is 0.200. The van der Waals surface area contributed by atoms with Crippen LogP contribution < -0.4 is 5.32 Å². The highest BCUT2D eigenvalue weighted by Crippen LogP contribution is 2.27. The summed E-state index contributed by atoms with van der Waals surface area (Å²) in [5.41, 5.74) is 0.435. The number of aromatic nitrogens is 2. The zero-order chi connectivity index (χ0) is 23.5. The number of carbonyl (C=O) groups excluding carboxylic acids is 1. The van der Waals surface area contributed by atoms with Gasteiger partial charge in [0, 0.05) is 31.4 Å². The molecule has 0 spiro atoms. The Morgan fingerprint density at radius 3 is 2.56 bits per heavy atom. The van der Waals surface area contributed by atoms with E-state index >= 15 is 0 Å². The molecule has 1 N–H and O–H groups in total. The molecular formula is C20H20ClN5O5S. The minimum absolute atomic E-state index is 0.00280. The van der Waals surface area contributed by atoms with Crippen LogP contribution in [0.1, 0.15) is 24.3 Å². The molecule has 1 heterocycles. The molecule has 2 aromatic carbocycles. The number of sulfonamides is 1. The van der Waals surface area contributed by atoms with Crippen molar-refractivity contribution in [1.29, 1.82) is 0 Å². The lowest BCUT2D eigenvalue weighted by Crippen LogP contribution is -2.30. The van der Waals surface area contributed by atoms with Gasteiger partial charge in [0.2, 0.25) is 10.0 Å². The maximum Gasteiger partial charge on any atom is 0.276 e. The van der Waals surface area contributed by atoms with Crippen LogP contribution in [-0.2, 0) is 10.0 Å². The van der Waals surface area contributed by atoms with Crippen LogP contribution in [0.4, 0.5) is 11.4 Å². The summed E-state index contributed by atoms with van der Waals surface area (Å²) in [6, 6.07) is 11.3. The molecule has 3 rings (SSSR count). The minimum Gasteiger partial charge on any atom is -0.319 e. The Morgan fingerprint density at radius 1 is 1.19 bits per heavy atom. The third kappa shape index (κ3) is 4.79. The molecule has 1 amide bonds. The average molecular weight is 478 g/mol. The summed E-state index contributed by atoms with van der Waals surface area (Å²) in [7, 11) is -3.74. The molecule has 0 bridgehead atoms. The SMILES string of the molecule is CCN(CC)S(=O)(=O)c1ccc(Cl)c(NC(=O)c2ccn(-c3cccc([N+](=O)[O-])c3)n2)c1. The number of anilines is 1. The number of hydrogen-bond donors (Lipinski definition) is 1. The molecule has 0 saturated heterocycles. The van der Waals surface area contributed by atoms with Crippen LogP contribution in [0, 0.1) is 10.1 Å². The summed E-state index contributed by atoms with van der Waals surface area (Å²) in [6.45, 7) is 4.07.